The van der Waals surface area contributed by atoms with E-state index in [1.807, 2.05) is 31.2 Å². The Hall–Kier alpha value is -2.93. The lowest BCUT2D eigenvalue weighted by Crippen LogP contribution is -2.30. The van der Waals surface area contributed by atoms with E-state index in [0.717, 1.165) is 21.8 Å². The molecule has 0 fully saturated rings. The van der Waals surface area contributed by atoms with Crippen molar-refractivity contribution in [3.05, 3.63) is 121 Å². The summed E-state index contributed by atoms with van der Waals surface area (Å²) in [5, 5.41) is 0. The van der Waals surface area contributed by atoms with Crippen LogP contribution in [0.15, 0.2) is 121 Å². The monoisotopic (exact) mass is 374 g/mol. The largest absolute Gasteiger partial charge is 0.192 e. The van der Waals surface area contributed by atoms with Crippen LogP contribution in [0.5, 0.6) is 0 Å². The molecular formula is C26H29B3. The zero-order valence-corrected chi connectivity index (χ0v) is 17.8. The van der Waals surface area contributed by atoms with Gasteiger partial charge in [-0.2, -0.15) is 0 Å². The lowest BCUT2D eigenvalue weighted by atomic mass is 9.59. The van der Waals surface area contributed by atoms with Crippen molar-refractivity contribution in [1.29, 1.82) is 0 Å². The molecule has 0 atom stereocenters. The van der Waals surface area contributed by atoms with Crippen LogP contribution in [-0.2, 0) is 0 Å². The molecular weight excluding hydrogens is 345 g/mol. The summed E-state index contributed by atoms with van der Waals surface area (Å²) in [7, 11) is 2.85. The van der Waals surface area contributed by atoms with E-state index >= 15 is 0 Å². The molecule has 2 aromatic rings. The Labute approximate surface area is 178 Å². The molecule has 0 amide bonds. The quantitative estimate of drug-likeness (QED) is 0.443. The fourth-order valence-corrected chi connectivity index (χ4v) is 3.12. The maximum Gasteiger partial charge on any atom is 0.192 e. The fraction of sp³-hybridized carbons (Fsp3) is 0.0769. The van der Waals surface area contributed by atoms with Gasteiger partial charge in [-0.1, -0.05) is 145 Å². The van der Waals surface area contributed by atoms with Crippen molar-refractivity contribution in [3.8, 4) is 0 Å². The third kappa shape index (κ3) is 8.31. The second-order valence-electron chi connectivity index (χ2n) is 7.27. The molecule has 0 aliphatic heterocycles. The first kappa shape index (κ1) is 22.4. The Morgan fingerprint density at radius 2 is 1.28 bits per heavy atom. The summed E-state index contributed by atoms with van der Waals surface area (Å²) in [5.74, 6) is 0. The van der Waals surface area contributed by atoms with Crippen LogP contribution >= 0.6 is 0 Å². The molecule has 2 aromatic carbocycles. The van der Waals surface area contributed by atoms with Gasteiger partial charge in [-0.25, -0.2) is 0 Å². The van der Waals surface area contributed by atoms with Gasteiger partial charge in [0, 0.05) is 0 Å². The minimum atomic E-state index is 0.914. The molecule has 0 aliphatic carbocycles. The van der Waals surface area contributed by atoms with E-state index in [4.69, 9.17) is 0 Å². The molecule has 0 saturated heterocycles. The highest BCUT2D eigenvalue weighted by molar-refractivity contribution is 6.68. The van der Waals surface area contributed by atoms with Crippen LogP contribution in [-0.4, -0.2) is 21.8 Å². The summed E-state index contributed by atoms with van der Waals surface area (Å²) in [6.07, 6.45) is 16.1. The lowest BCUT2D eigenvalue weighted by molar-refractivity contribution is 1.64. The van der Waals surface area contributed by atoms with Gasteiger partial charge in [0.25, 0.3) is 0 Å². The molecule has 29 heavy (non-hydrogen) atoms. The smallest absolute Gasteiger partial charge is 0.103 e. The molecule has 0 saturated carbocycles. The number of allylic oxidation sites excluding steroid dienone is 10. The summed E-state index contributed by atoms with van der Waals surface area (Å²) in [6, 6.07) is 17.9. The summed E-state index contributed by atoms with van der Waals surface area (Å²) in [6.45, 7) is 11.8. The minimum Gasteiger partial charge on any atom is -0.103 e. The van der Waals surface area contributed by atoms with Gasteiger partial charge in [0.05, 0.1) is 0 Å². The van der Waals surface area contributed by atoms with Crippen molar-refractivity contribution in [1.82, 2.24) is 0 Å². The van der Waals surface area contributed by atoms with Gasteiger partial charge >= 0.3 is 0 Å². The molecule has 0 heterocycles. The molecule has 0 aromatic heterocycles. The highest BCUT2D eigenvalue weighted by Crippen LogP contribution is 1.95. The van der Waals surface area contributed by atoms with Crippen molar-refractivity contribution in [2.75, 3.05) is 0 Å². The first-order chi connectivity index (χ1) is 14.1. The summed E-state index contributed by atoms with van der Waals surface area (Å²) < 4.78 is 0. The molecule has 2 rings (SSSR count). The van der Waals surface area contributed by atoms with Gasteiger partial charge < -0.3 is 0 Å². The number of hydrogen-bond donors (Lipinski definition) is 0. The van der Waals surface area contributed by atoms with Crippen LogP contribution in [0.4, 0.5) is 0 Å². The molecule has 3 heteroatoms. The Kier molecular flexibility index (Phi) is 9.65. The summed E-state index contributed by atoms with van der Waals surface area (Å²) >= 11 is 0. The van der Waals surface area contributed by atoms with Gasteiger partial charge in [-0.05, 0) is 6.92 Å². The maximum absolute atomic E-state index is 3.91. The van der Waals surface area contributed by atoms with Crippen LogP contribution in [0, 0.1) is 0 Å². The minimum absolute atomic E-state index is 0.914. The lowest BCUT2D eigenvalue weighted by Gasteiger charge is -2.05. The molecule has 0 spiro atoms. The third-order valence-electron chi connectivity index (χ3n) is 4.74. The van der Waals surface area contributed by atoms with E-state index in [0.29, 0.717) is 0 Å². The molecule has 0 radical (unpaired) electrons. The SMILES string of the molecule is C=C/C=C\C=C(/C)Bc1ccc(Bc2ccc(B/C(C=C)=C/C=C\C)cc2)cc1. The average molecular weight is 374 g/mol. The highest BCUT2D eigenvalue weighted by atomic mass is 13.9. The Morgan fingerprint density at radius 1 is 0.724 bits per heavy atom. The third-order valence-corrected chi connectivity index (χ3v) is 4.74. The van der Waals surface area contributed by atoms with Crippen LogP contribution in [0.2, 0.25) is 0 Å². The fourth-order valence-electron chi connectivity index (χ4n) is 3.12. The average Bonchev–Trinajstić information content (AvgIpc) is 2.74. The van der Waals surface area contributed by atoms with E-state index in [2.05, 4.69) is 86.8 Å². The normalized spacial score (nSPS) is 12.2. The van der Waals surface area contributed by atoms with E-state index in [-0.39, 0.29) is 0 Å². The van der Waals surface area contributed by atoms with Crippen LogP contribution in [0.25, 0.3) is 0 Å². The van der Waals surface area contributed by atoms with Crippen molar-refractivity contribution in [3.63, 3.8) is 0 Å². The van der Waals surface area contributed by atoms with E-state index in [9.17, 15) is 0 Å². The molecule has 0 aliphatic rings. The van der Waals surface area contributed by atoms with Gasteiger partial charge in [0.2, 0.25) is 0 Å². The molecule has 142 valence electrons. The Bertz CT molecular complexity index is 911. The van der Waals surface area contributed by atoms with E-state index in [1.54, 1.807) is 6.08 Å². The van der Waals surface area contributed by atoms with E-state index < -0.39 is 0 Å². The van der Waals surface area contributed by atoms with Crippen LogP contribution < -0.4 is 21.9 Å². The van der Waals surface area contributed by atoms with E-state index in [1.165, 1.54) is 32.8 Å². The summed E-state index contributed by atoms with van der Waals surface area (Å²) in [4.78, 5) is 0. The number of rotatable bonds is 10. The topological polar surface area (TPSA) is 0 Å². The highest BCUT2D eigenvalue weighted by Gasteiger charge is 2.03. The van der Waals surface area contributed by atoms with Crippen LogP contribution in [0.3, 0.4) is 0 Å². The van der Waals surface area contributed by atoms with Crippen molar-refractivity contribution in [2.24, 2.45) is 0 Å². The predicted molar refractivity (Wildman–Crippen MR) is 139 cm³/mol. The molecule has 0 nitrogen and oxygen atoms in total. The van der Waals surface area contributed by atoms with Gasteiger partial charge in [0.1, 0.15) is 0 Å². The van der Waals surface area contributed by atoms with Gasteiger partial charge in [0.15, 0.2) is 21.8 Å². The summed E-state index contributed by atoms with van der Waals surface area (Å²) in [5.41, 5.74) is 7.91. The van der Waals surface area contributed by atoms with Crippen molar-refractivity contribution in [2.45, 2.75) is 13.8 Å². The maximum atomic E-state index is 3.91. The second kappa shape index (κ2) is 12.5. The molecule has 0 N–H and O–H groups in total. The molecule has 0 bridgehead atoms. The first-order valence-corrected chi connectivity index (χ1v) is 10.2. The molecule has 0 unspecified atom stereocenters. The number of hydrogen-bond acceptors (Lipinski definition) is 0. The zero-order chi connectivity index (χ0) is 20.9. The van der Waals surface area contributed by atoms with Crippen molar-refractivity contribution >= 4 is 43.7 Å². The Balaban J connectivity index is 1.96. The second-order valence-corrected chi connectivity index (χ2v) is 7.27. The standard InChI is InChI=1S/C26H29B3/c1-5-8-10-11-21(4)27-23-13-15-25(16-14-23)29-26-19-17-24(18-20-26)28-22(7-3)12-9-6-2/h5-20,27-29H,1,3H2,2,4H3/b9-6-,10-8-,21-11+,22-12+. The first-order valence-electron chi connectivity index (χ1n) is 10.2. The van der Waals surface area contributed by atoms with Crippen molar-refractivity contribution < 1.29 is 0 Å². The van der Waals surface area contributed by atoms with Crippen LogP contribution in [0.1, 0.15) is 13.8 Å². The van der Waals surface area contributed by atoms with Gasteiger partial charge in [-0.15, -0.1) is 5.47 Å². The number of benzene rings is 2. The van der Waals surface area contributed by atoms with Gasteiger partial charge in [-0.3, -0.25) is 0 Å². The predicted octanol–water partition coefficient (Wildman–Crippen LogP) is 2.49. The zero-order valence-electron chi connectivity index (χ0n) is 17.8. The Morgan fingerprint density at radius 3 is 1.79 bits per heavy atom.